The molecule has 5 nitrogen and oxygen atoms in total. The Morgan fingerprint density at radius 2 is 2.07 bits per heavy atom. The van der Waals surface area contributed by atoms with E-state index in [-0.39, 0.29) is 11.7 Å². The minimum absolute atomic E-state index is 0.0823. The van der Waals surface area contributed by atoms with Crippen molar-refractivity contribution in [2.24, 2.45) is 16.5 Å². The fourth-order valence-electron chi connectivity index (χ4n) is 0.953. The Hall–Kier alpha value is -1.52. The lowest BCUT2D eigenvalue weighted by Gasteiger charge is -1.96. The number of unbranched alkanes of at least 4 members (excludes halogenated alkanes) is 3. The van der Waals surface area contributed by atoms with Crippen LogP contribution in [-0.4, -0.2) is 17.0 Å². The molecule has 0 bridgehead atoms. The van der Waals surface area contributed by atoms with Gasteiger partial charge in [-0.15, -0.1) is 0 Å². The zero-order valence-corrected chi connectivity index (χ0v) is 8.36. The van der Waals surface area contributed by atoms with Gasteiger partial charge in [0.25, 0.3) is 0 Å². The molecule has 0 aromatic heterocycles. The second-order valence-corrected chi connectivity index (χ2v) is 2.93. The lowest BCUT2D eigenvalue weighted by Crippen LogP contribution is -2.23. The number of aliphatic carboxylic acids is 1. The summed E-state index contributed by atoms with van der Waals surface area (Å²) in [7, 11) is 0. The number of rotatable bonds is 6. The summed E-state index contributed by atoms with van der Waals surface area (Å²) in [5.74, 6) is -1.33. The molecule has 0 aromatic rings. The first-order valence-corrected chi connectivity index (χ1v) is 4.61. The molecule has 0 radical (unpaired) electrons. The second kappa shape index (κ2) is 6.94. The van der Waals surface area contributed by atoms with E-state index < -0.39 is 5.97 Å². The molecule has 0 amide bonds. The molecular weight excluding hydrogens is 182 g/mol. The maximum absolute atomic E-state index is 10.6. The average Bonchev–Trinajstić information content (AvgIpc) is 2.09. The molecule has 0 aliphatic carbocycles. The van der Waals surface area contributed by atoms with Crippen molar-refractivity contribution >= 4 is 11.9 Å². The summed E-state index contributed by atoms with van der Waals surface area (Å²) < 4.78 is 0. The molecule has 80 valence electrons. The summed E-state index contributed by atoms with van der Waals surface area (Å²) >= 11 is 0. The molecule has 5 heteroatoms. The first kappa shape index (κ1) is 12.5. The van der Waals surface area contributed by atoms with Gasteiger partial charge in [-0.1, -0.05) is 25.8 Å². The number of carbonyl (C=O) groups is 1. The fourth-order valence-corrected chi connectivity index (χ4v) is 0.953. The van der Waals surface area contributed by atoms with Gasteiger partial charge in [-0.2, -0.15) is 0 Å². The van der Waals surface area contributed by atoms with Gasteiger partial charge in [0.2, 0.25) is 0 Å². The maximum atomic E-state index is 10.6. The van der Waals surface area contributed by atoms with Gasteiger partial charge < -0.3 is 16.6 Å². The normalized spacial score (nSPS) is 11.1. The molecule has 14 heavy (non-hydrogen) atoms. The van der Waals surface area contributed by atoms with Crippen molar-refractivity contribution in [1.29, 1.82) is 0 Å². The van der Waals surface area contributed by atoms with Crippen LogP contribution in [0.25, 0.3) is 0 Å². The smallest absolute Gasteiger partial charge is 0.354 e. The van der Waals surface area contributed by atoms with E-state index in [1.807, 2.05) is 0 Å². The van der Waals surface area contributed by atoms with E-state index in [2.05, 4.69) is 11.9 Å². The molecule has 5 N–H and O–H groups in total. The maximum Gasteiger partial charge on any atom is 0.354 e. The summed E-state index contributed by atoms with van der Waals surface area (Å²) in [4.78, 5) is 14.1. The van der Waals surface area contributed by atoms with E-state index in [9.17, 15) is 4.79 Å². The molecule has 0 heterocycles. The van der Waals surface area contributed by atoms with Gasteiger partial charge in [-0.3, -0.25) is 0 Å². The molecule has 0 aromatic carbocycles. The third kappa shape index (κ3) is 6.05. The number of hydrogen-bond acceptors (Lipinski definition) is 2. The third-order valence-corrected chi connectivity index (χ3v) is 1.61. The van der Waals surface area contributed by atoms with Crippen LogP contribution in [-0.2, 0) is 4.79 Å². The highest BCUT2D eigenvalue weighted by molar-refractivity contribution is 5.90. The minimum Gasteiger partial charge on any atom is -0.477 e. The Bertz CT molecular complexity index is 242. The van der Waals surface area contributed by atoms with Crippen molar-refractivity contribution in [2.45, 2.75) is 32.6 Å². The van der Waals surface area contributed by atoms with Crippen LogP contribution in [0.1, 0.15) is 32.6 Å². The zero-order chi connectivity index (χ0) is 11.0. The van der Waals surface area contributed by atoms with Crippen molar-refractivity contribution in [3.8, 4) is 0 Å². The summed E-state index contributed by atoms with van der Waals surface area (Å²) in [5, 5.41) is 8.69. The van der Waals surface area contributed by atoms with Crippen LogP contribution in [0.2, 0.25) is 0 Å². The van der Waals surface area contributed by atoms with E-state index in [4.69, 9.17) is 16.6 Å². The van der Waals surface area contributed by atoms with Crippen molar-refractivity contribution in [2.75, 3.05) is 0 Å². The minimum atomic E-state index is -1.10. The first-order chi connectivity index (χ1) is 6.57. The summed E-state index contributed by atoms with van der Waals surface area (Å²) in [6.07, 6.45) is 5.35. The number of aliphatic imine (C=N–C) groups is 1. The lowest BCUT2D eigenvalue weighted by atomic mass is 10.2. The first-order valence-electron chi connectivity index (χ1n) is 4.61. The monoisotopic (exact) mass is 199 g/mol. The van der Waals surface area contributed by atoms with Gasteiger partial charge in [0.1, 0.15) is 5.70 Å². The summed E-state index contributed by atoms with van der Waals surface area (Å²) in [5.41, 5.74) is 10.1. The van der Waals surface area contributed by atoms with Crippen molar-refractivity contribution in [1.82, 2.24) is 0 Å². The molecule has 0 atom stereocenters. The number of guanidine groups is 1. The standard InChI is InChI=1S/C9H17N3O2/c1-2-3-4-5-6-7(8(13)14)12-9(10)11/h6H,2-5H2,1H3,(H,13,14)(H4,10,11,12). The highest BCUT2D eigenvalue weighted by Crippen LogP contribution is 2.04. The molecule has 0 rings (SSSR count). The molecule has 0 aliphatic rings. The lowest BCUT2D eigenvalue weighted by molar-refractivity contribution is -0.132. The zero-order valence-electron chi connectivity index (χ0n) is 8.36. The Morgan fingerprint density at radius 3 is 2.50 bits per heavy atom. The third-order valence-electron chi connectivity index (χ3n) is 1.61. The second-order valence-electron chi connectivity index (χ2n) is 2.93. The Balaban J connectivity index is 4.21. The molecule has 0 saturated heterocycles. The fraction of sp³-hybridized carbons (Fsp3) is 0.556. The molecule has 0 spiro atoms. The number of nitrogens with two attached hydrogens (primary N) is 2. The van der Waals surface area contributed by atoms with Crippen LogP contribution >= 0.6 is 0 Å². The molecule has 0 unspecified atom stereocenters. The van der Waals surface area contributed by atoms with Crippen molar-refractivity contribution in [3.05, 3.63) is 11.8 Å². The largest absolute Gasteiger partial charge is 0.477 e. The van der Waals surface area contributed by atoms with E-state index in [1.165, 1.54) is 6.08 Å². The van der Waals surface area contributed by atoms with E-state index in [1.54, 1.807) is 0 Å². The molecular formula is C9H17N3O2. The van der Waals surface area contributed by atoms with Crippen LogP contribution in [0, 0.1) is 0 Å². The van der Waals surface area contributed by atoms with Crippen LogP contribution in [0.5, 0.6) is 0 Å². The van der Waals surface area contributed by atoms with Crippen LogP contribution in [0.4, 0.5) is 0 Å². The van der Waals surface area contributed by atoms with E-state index >= 15 is 0 Å². The van der Waals surface area contributed by atoms with Crippen molar-refractivity contribution < 1.29 is 9.90 Å². The van der Waals surface area contributed by atoms with Crippen LogP contribution < -0.4 is 11.5 Å². The SMILES string of the molecule is CCCCCC=C(N=C(N)N)C(=O)O. The molecule has 0 saturated carbocycles. The van der Waals surface area contributed by atoms with E-state index in [0.717, 1.165) is 19.3 Å². The van der Waals surface area contributed by atoms with E-state index in [0.29, 0.717) is 6.42 Å². The number of allylic oxidation sites excluding steroid dienone is 1. The highest BCUT2D eigenvalue weighted by atomic mass is 16.4. The van der Waals surface area contributed by atoms with Crippen molar-refractivity contribution in [3.63, 3.8) is 0 Å². The predicted molar refractivity (Wildman–Crippen MR) is 55.7 cm³/mol. The quantitative estimate of drug-likeness (QED) is 0.255. The topological polar surface area (TPSA) is 102 Å². The Kier molecular flexibility index (Phi) is 6.19. The van der Waals surface area contributed by atoms with Gasteiger partial charge in [-0.25, -0.2) is 9.79 Å². The van der Waals surface area contributed by atoms with Gasteiger partial charge in [0, 0.05) is 0 Å². The van der Waals surface area contributed by atoms with Crippen LogP contribution in [0.3, 0.4) is 0 Å². The highest BCUT2D eigenvalue weighted by Gasteiger charge is 2.04. The number of carboxylic acids is 1. The van der Waals surface area contributed by atoms with Crippen LogP contribution in [0.15, 0.2) is 16.8 Å². The van der Waals surface area contributed by atoms with Gasteiger partial charge in [0.15, 0.2) is 5.96 Å². The Labute approximate surface area is 83.5 Å². The number of hydrogen-bond donors (Lipinski definition) is 3. The summed E-state index contributed by atoms with van der Waals surface area (Å²) in [6, 6.07) is 0. The van der Waals surface area contributed by atoms with Gasteiger partial charge in [-0.05, 0) is 12.8 Å². The number of nitrogens with zero attached hydrogens (tertiary/aromatic N) is 1. The average molecular weight is 199 g/mol. The molecule has 0 fully saturated rings. The Morgan fingerprint density at radius 1 is 1.43 bits per heavy atom. The number of carboxylic acid groups (broad SMARTS) is 1. The van der Waals surface area contributed by atoms with Gasteiger partial charge >= 0.3 is 5.97 Å². The van der Waals surface area contributed by atoms with Gasteiger partial charge in [0.05, 0.1) is 0 Å². The summed E-state index contributed by atoms with van der Waals surface area (Å²) in [6.45, 7) is 2.08. The predicted octanol–water partition coefficient (Wildman–Crippen LogP) is 0.809. The molecule has 0 aliphatic heterocycles.